The van der Waals surface area contributed by atoms with Crippen LogP contribution in [0.3, 0.4) is 0 Å². The van der Waals surface area contributed by atoms with E-state index in [1.54, 1.807) is 0 Å². The highest BCUT2D eigenvalue weighted by atomic mass is 16.3. The third kappa shape index (κ3) is 7.86. The third-order valence-corrected chi connectivity index (χ3v) is 1.98. The normalized spacial score (nSPS) is 15.0. The quantitative estimate of drug-likeness (QED) is 0.650. The maximum atomic E-state index is 9.39. The lowest BCUT2D eigenvalue weighted by molar-refractivity contribution is 0.0670. The minimum atomic E-state index is -0.485. The summed E-state index contributed by atoms with van der Waals surface area (Å²) in [6.45, 7) is 9.77. The van der Waals surface area contributed by atoms with Gasteiger partial charge in [0.2, 0.25) is 0 Å². The van der Waals surface area contributed by atoms with Gasteiger partial charge in [-0.25, -0.2) is 0 Å². The molecule has 0 spiro atoms. The number of hydrogen-bond acceptors (Lipinski definition) is 1. The fourth-order valence-electron chi connectivity index (χ4n) is 1.03. The molecule has 0 aromatic heterocycles. The molecule has 0 bridgehead atoms. The van der Waals surface area contributed by atoms with E-state index < -0.39 is 5.60 Å². The Morgan fingerprint density at radius 1 is 1.45 bits per heavy atom. The molecule has 1 radical (unpaired) electrons. The Bertz CT molecular complexity index is 91.5. The molecule has 0 fully saturated rings. The van der Waals surface area contributed by atoms with Crippen molar-refractivity contribution in [3.8, 4) is 0 Å². The van der Waals surface area contributed by atoms with Crippen LogP contribution in [0.25, 0.3) is 0 Å². The van der Waals surface area contributed by atoms with E-state index in [9.17, 15) is 5.11 Å². The summed E-state index contributed by atoms with van der Waals surface area (Å²) in [5, 5.41) is 9.39. The van der Waals surface area contributed by atoms with Crippen LogP contribution in [0.5, 0.6) is 0 Å². The predicted molar refractivity (Wildman–Crippen MR) is 49.3 cm³/mol. The van der Waals surface area contributed by atoms with Crippen molar-refractivity contribution < 1.29 is 5.11 Å². The standard InChI is InChI=1S/C10H21O/c1-5-9(2)7-6-8-10(3,4)11/h9,11H,1,5-8H2,2-4H3. The molecule has 0 heterocycles. The molecule has 1 heteroatoms. The summed E-state index contributed by atoms with van der Waals surface area (Å²) in [5.74, 6) is 0.706. The molecule has 1 nitrogen and oxygen atoms in total. The molecule has 11 heavy (non-hydrogen) atoms. The average Bonchev–Trinajstić information content (AvgIpc) is 1.85. The van der Waals surface area contributed by atoms with E-state index in [2.05, 4.69) is 13.8 Å². The lowest BCUT2D eigenvalue weighted by atomic mass is 9.96. The van der Waals surface area contributed by atoms with Gasteiger partial charge >= 0.3 is 0 Å². The van der Waals surface area contributed by atoms with Crippen LogP contribution in [0.15, 0.2) is 0 Å². The van der Waals surface area contributed by atoms with Crippen LogP contribution in [0.4, 0.5) is 0 Å². The zero-order valence-electron chi connectivity index (χ0n) is 8.06. The second-order valence-corrected chi connectivity index (χ2v) is 4.10. The highest BCUT2D eigenvalue weighted by molar-refractivity contribution is 4.65. The van der Waals surface area contributed by atoms with E-state index in [1.807, 2.05) is 13.8 Å². The molecule has 0 aliphatic heterocycles. The molecule has 1 N–H and O–H groups in total. The van der Waals surface area contributed by atoms with Crippen LogP contribution in [0.1, 0.15) is 46.5 Å². The van der Waals surface area contributed by atoms with Crippen molar-refractivity contribution in [1.29, 1.82) is 0 Å². The fraction of sp³-hybridized carbons (Fsp3) is 0.900. The first kappa shape index (κ1) is 11.0. The molecular weight excluding hydrogens is 136 g/mol. The van der Waals surface area contributed by atoms with Gasteiger partial charge in [0.15, 0.2) is 0 Å². The molecule has 0 aliphatic carbocycles. The lowest BCUT2D eigenvalue weighted by Gasteiger charge is -2.17. The van der Waals surface area contributed by atoms with E-state index in [1.165, 1.54) is 6.42 Å². The average molecular weight is 157 g/mol. The second kappa shape index (κ2) is 4.76. The first-order valence-electron chi connectivity index (χ1n) is 4.47. The summed E-state index contributed by atoms with van der Waals surface area (Å²) in [5.41, 5.74) is -0.485. The Morgan fingerprint density at radius 3 is 2.36 bits per heavy atom. The van der Waals surface area contributed by atoms with Gasteiger partial charge in [-0.3, -0.25) is 0 Å². The molecule has 1 atom stereocenters. The first-order valence-corrected chi connectivity index (χ1v) is 4.47. The van der Waals surface area contributed by atoms with Gasteiger partial charge in [-0.05, 0) is 26.2 Å². The van der Waals surface area contributed by atoms with Gasteiger partial charge in [0.1, 0.15) is 0 Å². The predicted octanol–water partition coefficient (Wildman–Crippen LogP) is 2.79. The van der Waals surface area contributed by atoms with Crippen LogP contribution in [-0.4, -0.2) is 10.7 Å². The van der Waals surface area contributed by atoms with E-state index in [-0.39, 0.29) is 0 Å². The van der Waals surface area contributed by atoms with Crippen molar-refractivity contribution in [3.05, 3.63) is 6.92 Å². The zero-order valence-corrected chi connectivity index (χ0v) is 8.06. The molecule has 1 unspecified atom stereocenters. The molecule has 0 rings (SSSR count). The molecule has 67 valence electrons. The minimum Gasteiger partial charge on any atom is -0.390 e. The van der Waals surface area contributed by atoms with Gasteiger partial charge in [0, 0.05) is 0 Å². The number of rotatable bonds is 5. The van der Waals surface area contributed by atoms with E-state index >= 15 is 0 Å². The van der Waals surface area contributed by atoms with E-state index in [0.29, 0.717) is 5.92 Å². The molecule has 0 aromatic carbocycles. The Kier molecular flexibility index (Phi) is 4.74. The van der Waals surface area contributed by atoms with Crippen molar-refractivity contribution in [2.45, 2.75) is 52.1 Å². The summed E-state index contributed by atoms with van der Waals surface area (Å²) in [6, 6.07) is 0. The maximum absolute atomic E-state index is 9.39. The minimum absolute atomic E-state index is 0.485. The molecular formula is C10H21O. The number of aliphatic hydroxyl groups is 1. The topological polar surface area (TPSA) is 20.2 Å². The Hall–Kier alpha value is -0.0400. The molecule has 0 aliphatic rings. The van der Waals surface area contributed by atoms with E-state index in [0.717, 1.165) is 19.3 Å². The zero-order chi connectivity index (χ0) is 8.91. The highest BCUT2D eigenvalue weighted by Crippen LogP contribution is 2.16. The molecule has 0 amide bonds. The monoisotopic (exact) mass is 157 g/mol. The fourth-order valence-corrected chi connectivity index (χ4v) is 1.03. The Balaban J connectivity index is 3.28. The summed E-state index contributed by atoms with van der Waals surface area (Å²) >= 11 is 0. The lowest BCUT2D eigenvalue weighted by Crippen LogP contribution is -2.18. The SMILES string of the molecule is [CH2]CC(C)CCCC(C)(C)O. The Labute approximate surface area is 70.8 Å². The van der Waals surface area contributed by atoms with Gasteiger partial charge in [0.25, 0.3) is 0 Å². The first-order chi connectivity index (χ1) is 4.95. The van der Waals surface area contributed by atoms with Gasteiger partial charge < -0.3 is 5.11 Å². The summed E-state index contributed by atoms with van der Waals surface area (Å²) in [6.07, 6.45) is 4.21. The van der Waals surface area contributed by atoms with E-state index in [4.69, 9.17) is 0 Å². The van der Waals surface area contributed by atoms with Crippen molar-refractivity contribution >= 4 is 0 Å². The summed E-state index contributed by atoms with van der Waals surface area (Å²) in [7, 11) is 0. The maximum Gasteiger partial charge on any atom is 0.0591 e. The molecule has 0 aromatic rings. The van der Waals surface area contributed by atoms with Crippen LogP contribution < -0.4 is 0 Å². The van der Waals surface area contributed by atoms with Crippen LogP contribution in [0, 0.1) is 12.8 Å². The number of hydrogen-bond donors (Lipinski definition) is 1. The van der Waals surface area contributed by atoms with Gasteiger partial charge in [0.05, 0.1) is 5.60 Å². The third-order valence-electron chi connectivity index (χ3n) is 1.98. The summed E-state index contributed by atoms with van der Waals surface area (Å²) in [4.78, 5) is 0. The van der Waals surface area contributed by atoms with Gasteiger partial charge in [-0.1, -0.05) is 33.1 Å². The van der Waals surface area contributed by atoms with Crippen molar-refractivity contribution in [3.63, 3.8) is 0 Å². The van der Waals surface area contributed by atoms with Crippen molar-refractivity contribution in [2.75, 3.05) is 0 Å². The van der Waals surface area contributed by atoms with Gasteiger partial charge in [-0.2, -0.15) is 0 Å². The van der Waals surface area contributed by atoms with Crippen molar-refractivity contribution in [2.24, 2.45) is 5.92 Å². The Morgan fingerprint density at radius 2 is 2.00 bits per heavy atom. The molecule has 0 saturated heterocycles. The highest BCUT2D eigenvalue weighted by Gasteiger charge is 2.11. The second-order valence-electron chi connectivity index (χ2n) is 4.10. The van der Waals surface area contributed by atoms with Gasteiger partial charge in [-0.15, -0.1) is 0 Å². The summed E-state index contributed by atoms with van der Waals surface area (Å²) < 4.78 is 0. The van der Waals surface area contributed by atoms with Crippen LogP contribution in [0.2, 0.25) is 0 Å². The largest absolute Gasteiger partial charge is 0.390 e. The van der Waals surface area contributed by atoms with Crippen molar-refractivity contribution in [1.82, 2.24) is 0 Å². The molecule has 0 saturated carbocycles. The smallest absolute Gasteiger partial charge is 0.0591 e. The van der Waals surface area contributed by atoms with Crippen LogP contribution in [-0.2, 0) is 0 Å². The van der Waals surface area contributed by atoms with Crippen LogP contribution >= 0.6 is 0 Å².